The monoisotopic (exact) mass is 271 g/mol. The molecule has 1 heterocycles. The van der Waals surface area contributed by atoms with E-state index in [-0.39, 0.29) is 5.91 Å². The van der Waals surface area contributed by atoms with Crippen molar-refractivity contribution in [3.8, 4) is 6.07 Å². The van der Waals surface area contributed by atoms with Gasteiger partial charge in [0.1, 0.15) is 0 Å². The van der Waals surface area contributed by atoms with Crippen LogP contribution in [0.2, 0.25) is 0 Å². The fourth-order valence-corrected chi connectivity index (χ4v) is 2.59. The van der Waals surface area contributed by atoms with Crippen LogP contribution in [0.3, 0.4) is 0 Å². The van der Waals surface area contributed by atoms with Crippen molar-refractivity contribution in [3.63, 3.8) is 0 Å². The minimum absolute atomic E-state index is 0.219. The molecule has 1 saturated heterocycles. The second kappa shape index (κ2) is 6.53. The smallest absolute Gasteiger partial charge is 0.236 e. The van der Waals surface area contributed by atoms with Crippen LogP contribution in [0.4, 0.5) is 0 Å². The number of hydrogen-bond acceptors (Lipinski definition) is 3. The van der Waals surface area contributed by atoms with Crippen molar-refractivity contribution < 1.29 is 4.79 Å². The van der Waals surface area contributed by atoms with Crippen LogP contribution >= 0.6 is 0 Å². The fourth-order valence-electron chi connectivity index (χ4n) is 2.59. The van der Waals surface area contributed by atoms with Gasteiger partial charge in [-0.15, -0.1) is 0 Å². The van der Waals surface area contributed by atoms with Crippen LogP contribution < -0.4 is 0 Å². The summed E-state index contributed by atoms with van der Waals surface area (Å²) in [5.41, 5.74) is 2.95. The van der Waals surface area contributed by atoms with Crippen LogP contribution in [0.5, 0.6) is 0 Å². The molecule has 4 heteroatoms. The summed E-state index contributed by atoms with van der Waals surface area (Å²) >= 11 is 0. The second-order valence-corrected chi connectivity index (χ2v) is 5.51. The lowest BCUT2D eigenvalue weighted by Crippen LogP contribution is -2.37. The summed E-state index contributed by atoms with van der Waals surface area (Å²) in [6.45, 7) is 5.01. The molecule has 1 aromatic rings. The number of hydrogen-bond donors (Lipinski definition) is 0. The Morgan fingerprint density at radius 1 is 1.40 bits per heavy atom. The molecular weight excluding hydrogens is 250 g/mol. The highest BCUT2D eigenvalue weighted by Crippen LogP contribution is 2.13. The molecule has 1 aliphatic rings. The van der Waals surface area contributed by atoms with Gasteiger partial charge in [-0.2, -0.15) is 5.26 Å². The number of aryl methyl sites for hydroxylation is 1. The van der Waals surface area contributed by atoms with Gasteiger partial charge in [0.15, 0.2) is 0 Å². The fraction of sp³-hybridized carbons (Fsp3) is 0.500. The van der Waals surface area contributed by atoms with Gasteiger partial charge in [0, 0.05) is 19.6 Å². The van der Waals surface area contributed by atoms with Crippen molar-refractivity contribution in [2.45, 2.75) is 26.3 Å². The quantitative estimate of drug-likeness (QED) is 0.840. The molecule has 4 nitrogen and oxygen atoms in total. The third-order valence-corrected chi connectivity index (χ3v) is 3.78. The number of carbonyl (C=O) groups excluding carboxylic acids is 1. The van der Waals surface area contributed by atoms with E-state index in [1.165, 1.54) is 5.56 Å². The minimum Gasteiger partial charge on any atom is -0.342 e. The molecule has 0 unspecified atom stereocenters. The Morgan fingerprint density at radius 2 is 2.10 bits per heavy atom. The third kappa shape index (κ3) is 3.58. The number of likely N-dealkylation sites (tertiary alicyclic amines) is 1. The molecule has 0 aromatic heterocycles. The van der Waals surface area contributed by atoms with E-state index in [9.17, 15) is 4.79 Å². The predicted molar refractivity (Wildman–Crippen MR) is 78.0 cm³/mol. The Labute approximate surface area is 120 Å². The molecule has 0 aliphatic carbocycles. The van der Waals surface area contributed by atoms with Gasteiger partial charge < -0.3 is 4.90 Å². The van der Waals surface area contributed by atoms with E-state index >= 15 is 0 Å². The van der Waals surface area contributed by atoms with E-state index in [0.717, 1.165) is 38.0 Å². The molecule has 1 fully saturated rings. The van der Waals surface area contributed by atoms with Crippen molar-refractivity contribution in [1.82, 2.24) is 9.80 Å². The molecule has 0 spiro atoms. The van der Waals surface area contributed by atoms with Gasteiger partial charge in [-0.05, 0) is 50.1 Å². The highest BCUT2D eigenvalue weighted by molar-refractivity contribution is 5.78. The Balaban J connectivity index is 1.92. The number of amides is 1. The van der Waals surface area contributed by atoms with Crippen LogP contribution in [0.1, 0.15) is 29.5 Å². The van der Waals surface area contributed by atoms with E-state index in [4.69, 9.17) is 5.26 Å². The van der Waals surface area contributed by atoms with Crippen LogP contribution in [0.15, 0.2) is 18.2 Å². The minimum atomic E-state index is 0.219. The topological polar surface area (TPSA) is 47.3 Å². The Bertz CT molecular complexity index is 527. The maximum atomic E-state index is 12.1. The van der Waals surface area contributed by atoms with Gasteiger partial charge in [-0.3, -0.25) is 9.69 Å². The van der Waals surface area contributed by atoms with Gasteiger partial charge in [-0.1, -0.05) is 6.07 Å². The lowest BCUT2D eigenvalue weighted by molar-refractivity contribution is -0.131. The molecule has 1 amide bonds. The molecule has 0 radical (unpaired) electrons. The summed E-state index contributed by atoms with van der Waals surface area (Å²) < 4.78 is 0. The number of nitriles is 1. The zero-order valence-electron chi connectivity index (χ0n) is 12.2. The Morgan fingerprint density at radius 3 is 2.70 bits per heavy atom. The Kier molecular flexibility index (Phi) is 4.75. The zero-order valence-corrected chi connectivity index (χ0v) is 12.2. The predicted octanol–water partition coefficient (Wildman–Crippen LogP) is 1.92. The molecule has 2 rings (SSSR count). The summed E-state index contributed by atoms with van der Waals surface area (Å²) in [6.07, 6.45) is 2.26. The van der Waals surface area contributed by atoms with E-state index < -0.39 is 0 Å². The summed E-state index contributed by atoms with van der Waals surface area (Å²) in [5, 5.41) is 8.86. The van der Waals surface area contributed by atoms with E-state index in [1.54, 1.807) is 0 Å². The standard InChI is InChI=1S/C16H21N3O/c1-13-9-14(10-17)5-6-15(13)11-18(2)12-16(20)19-7-3-4-8-19/h5-6,9H,3-4,7-8,11-12H2,1-2H3. The van der Waals surface area contributed by atoms with E-state index in [0.29, 0.717) is 12.1 Å². The molecule has 1 aromatic carbocycles. The van der Waals surface area contributed by atoms with Crippen LogP contribution in [0, 0.1) is 18.3 Å². The maximum absolute atomic E-state index is 12.1. The van der Waals surface area contributed by atoms with Crippen molar-refractivity contribution in [3.05, 3.63) is 34.9 Å². The molecule has 106 valence electrons. The molecule has 0 bridgehead atoms. The normalized spacial score (nSPS) is 14.6. The first-order chi connectivity index (χ1) is 9.60. The average molecular weight is 271 g/mol. The SMILES string of the molecule is Cc1cc(C#N)ccc1CN(C)CC(=O)N1CCCC1. The van der Waals surface area contributed by atoms with Crippen molar-refractivity contribution >= 4 is 5.91 Å². The van der Waals surface area contributed by atoms with Gasteiger partial charge in [0.05, 0.1) is 18.2 Å². The van der Waals surface area contributed by atoms with Gasteiger partial charge in [0.25, 0.3) is 0 Å². The highest BCUT2D eigenvalue weighted by atomic mass is 16.2. The number of benzene rings is 1. The molecular formula is C16H21N3O. The number of nitrogens with zero attached hydrogens (tertiary/aromatic N) is 3. The summed E-state index contributed by atoms with van der Waals surface area (Å²) in [5.74, 6) is 0.219. The first-order valence-corrected chi connectivity index (χ1v) is 7.06. The summed E-state index contributed by atoms with van der Waals surface area (Å²) in [6, 6.07) is 7.85. The average Bonchev–Trinajstić information content (AvgIpc) is 2.95. The zero-order chi connectivity index (χ0) is 14.5. The summed E-state index contributed by atoms with van der Waals surface area (Å²) in [7, 11) is 1.96. The molecule has 0 saturated carbocycles. The van der Waals surface area contributed by atoms with Crippen molar-refractivity contribution in [2.75, 3.05) is 26.7 Å². The largest absolute Gasteiger partial charge is 0.342 e. The number of likely N-dealkylation sites (N-methyl/N-ethyl adjacent to an activating group) is 1. The second-order valence-electron chi connectivity index (χ2n) is 5.51. The van der Waals surface area contributed by atoms with E-state index in [2.05, 4.69) is 6.07 Å². The van der Waals surface area contributed by atoms with Crippen LogP contribution in [-0.4, -0.2) is 42.4 Å². The lowest BCUT2D eigenvalue weighted by atomic mass is 10.1. The van der Waals surface area contributed by atoms with E-state index in [1.807, 2.05) is 42.0 Å². The highest BCUT2D eigenvalue weighted by Gasteiger charge is 2.19. The number of rotatable bonds is 4. The number of carbonyl (C=O) groups is 1. The Hall–Kier alpha value is -1.86. The van der Waals surface area contributed by atoms with Crippen LogP contribution in [-0.2, 0) is 11.3 Å². The molecule has 0 N–H and O–H groups in total. The van der Waals surface area contributed by atoms with Crippen molar-refractivity contribution in [2.24, 2.45) is 0 Å². The molecule has 1 aliphatic heterocycles. The third-order valence-electron chi connectivity index (χ3n) is 3.78. The first kappa shape index (κ1) is 14.5. The lowest BCUT2D eigenvalue weighted by Gasteiger charge is -2.21. The van der Waals surface area contributed by atoms with Gasteiger partial charge in [-0.25, -0.2) is 0 Å². The maximum Gasteiger partial charge on any atom is 0.236 e. The summed E-state index contributed by atoms with van der Waals surface area (Å²) in [4.78, 5) is 16.1. The van der Waals surface area contributed by atoms with Gasteiger partial charge >= 0.3 is 0 Å². The first-order valence-electron chi connectivity index (χ1n) is 7.06. The van der Waals surface area contributed by atoms with Crippen LogP contribution in [0.25, 0.3) is 0 Å². The molecule has 20 heavy (non-hydrogen) atoms. The van der Waals surface area contributed by atoms with Crippen molar-refractivity contribution in [1.29, 1.82) is 5.26 Å². The van der Waals surface area contributed by atoms with Gasteiger partial charge in [0.2, 0.25) is 5.91 Å². The molecule has 0 atom stereocenters.